The smallest absolute Gasteiger partial charge is 0.123 e. The van der Waals surface area contributed by atoms with Crippen molar-refractivity contribution in [2.24, 2.45) is 11.1 Å². The monoisotopic (exact) mass is 260 g/mol. The van der Waals surface area contributed by atoms with Gasteiger partial charge in [-0.05, 0) is 17.5 Å². The van der Waals surface area contributed by atoms with Crippen LogP contribution in [-0.4, -0.2) is 20.3 Å². The molecule has 2 rings (SSSR count). The first-order chi connectivity index (χ1) is 9.04. The Hall–Kier alpha value is -1.57. The van der Waals surface area contributed by atoms with Gasteiger partial charge in [0.1, 0.15) is 11.2 Å². The molecular formula is C15H20N2O2. The molecule has 1 aliphatic heterocycles. The van der Waals surface area contributed by atoms with Crippen LogP contribution in [0.5, 0.6) is 5.75 Å². The molecule has 0 aliphatic carbocycles. The van der Waals surface area contributed by atoms with Gasteiger partial charge in [0.25, 0.3) is 0 Å². The molecule has 0 saturated carbocycles. The van der Waals surface area contributed by atoms with Crippen molar-refractivity contribution in [2.45, 2.75) is 25.8 Å². The van der Waals surface area contributed by atoms with Crippen molar-refractivity contribution in [1.82, 2.24) is 0 Å². The molecule has 1 heterocycles. The van der Waals surface area contributed by atoms with Gasteiger partial charge in [-0.15, -0.1) is 0 Å². The number of rotatable bonds is 4. The molecule has 1 atom stereocenters. The van der Waals surface area contributed by atoms with Crippen LogP contribution in [0.3, 0.4) is 0 Å². The molecule has 1 aliphatic rings. The zero-order chi connectivity index (χ0) is 14.0. The van der Waals surface area contributed by atoms with Crippen molar-refractivity contribution in [3.8, 4) is 11.8 Å². The minimum atomic E-state index is -0.622. The van der Waals surface area contributed by atoms with Crippen molar-refractivity contribution < 1.29 is 9.47 Å². The van der Waals surface area contributed by atoms with Gasteiger partial charge < -0.3 is 15.2 Å². The lowest BCUT2D eigenvalue weighted by Crippen LogP contribution is -2.49. The van der Waals surface area contributed by atoms with Crippen LogP contribution in [-0.2, 0) is 4.74 Å². The maximum absolute atomic E-state index is 9.36. The molecule has 0 bridgehead atoms. The summed E-state index contributed by atoms with van der Waals surface area (Å²) in [5, 5.41) is 9.36. The van der Waals surface area contributed by atoms with E-state index in [0.29, 0.717) is 19.1 Å². The number of hydrogen-bond acceptors (Lipinski definition) is 4. The predicted molar refractivity (Wildman–Crippen MR) is 72.9 cm³/mol. The van der Waals surface area contributed by atoms with Crippen LogP contribution in [0.25, 0.3) is 0 Å². The summed E-state index contributed by atoms with van der Waals surface area (Å²) >= 11 is 0. The highest BCUT2D eigenvalue weighted by Gasteiger charge is 2.46. The van der Waals surface area contributed by atoms with Crippen LogP contribution in [0.15, 0.2) is 18.2 Å². The molecule has 19 heavy (non-hydrogen) atoms. The lowest BCUT2D eigenvalue weighted by Gasteiger charge is -2.40. The number of methoxy groups -OCH3 is 1. The molecule has 0 amide bonds. The topological polar surface area (TPSA) is 68.3 Å². The normalized spacial score (nSPS) is 18.5. The first-order valence-corrected chi connectivity index (χ1v) is 6.46. The van der Waals surface area contributed by atoms with Gasteiger partial charge in [0.2, 0.25) is 0 Å². The quantitative estimate of drug-likeness (QED) is 0.902. The predicted octanol–water partition coefficient (Wildman–Crippen LogP) is 2.36. The molecule has 0 radical (unpaired) electrons. The number of nitrogens with zero attached hydrogens (tertiary/aromatic N) is 1. The Kier molecular flexibility index (Phi) is 3.79. The zero-order valence-corrected chi connectivity index (χ0v) is 11.6. The number of hydrogen-bond donors (Lipinski definition) is 1. The van der Waals surface area contributed by atoms with E-state index in [4.69, 9.17) is 15.2 Å². The Morgan fingerprint density at radius 2 is 2.11 bits per heavy atom. The molecule has 2 N–H and O–H groups in total. The molecule has 1 aromatic carbocycles. The van der Waals surface area contributed by atoms with Gasteiger partial charge in [0, 0.05) is 5.56 Å². The number of ether oxygens (including phenoxy) is 2. The Morgan fingerprint density at radius 1 is 1.42 bits per heavy atom. The third-order valence-corrected chi connectivity index (χ3v) is 3.79. The molecular weight excluding hydrogens is 240 g/mol. The summed E-state index contributed by atoms with van der Waals surface area (Å²) in [6.45, 7) is 5.03. The van der Waals surface area contributed by atoms with E-state index < -0.39 is 5.41 Å². The van der Waals surface area contributed by atoms with Crippen LogP contribution in [0.1, 0.15) is 36.9 Å². The Balaban J connectivity index is 2.42. The second kappa shape index (κ2) is 5.20. The Labute approximate surface area is 114 Å². The summed E-state index contributed by atoms with van der Waals surface area (Å²) < 4.78 is 10.6. The van der Waals surface area contributed by atoms with E-state index in [2.05, 4.69) is 19.9 Å². The third kappa shape index (κ3) is 2.32. The molecule has 1 unspecified atom stereocenters. The van der Waals surface area contributed by atoms with Crippen LogP contribution >= 0.6 is 0 Å². The summed E-state index contributed by atoms with van der Waals surface area (Å²) in [6, 6.07) is 7.93. The number of benzene rings is 1. The first-order valence-electron chi connectivity index (χ1n) is 6.46. The fraction of sp³-hybridized carbons (Fsp3) is 0.533. The second-order valence-electron chi connectivity index (χ2n) is 5.39. The van der Waals surface area contributed by atoms with Crippen molar-refractivity contribution in [1.29, 1.82) is 5.26 Å². The second-order valence-corrected chi connectivity index (χ2v) is 5.39. The minimum Gasteiger partial charge on any atom is -0.496 e. The van der Waals surface area contributed by atoms with Gasteiger partial charge in [-0.1, -0.05) is 26.0 Å². The van der Waals surface area contributed by atoms with Gasteiger partial charge >= 0.3 is 0 Å². The molecule has 1 fully saturated rings. The molecule has 1 saturated heterocycles. The maximum atomic E-state index is 9.36. The van der Waals surface area contributed by atoms with Crippen LogP contribution in [0, 0.1) is 16.7 Å². The fourth-order valence-electron chi connectivity index (χ4n) is 2.29. The summed E-state index contributed by atoms with van der Waals surface area (Å²) in [7, 11) is 1.62. The molecule has 1 aromatic rings. The summed E-state index contributed by atoms with van der Waals surface area (Å²) in [4.78, 5) is 0. The van der Waals surface area contributed by atoms with Gasteiger partial charge in [-0.3, -0.25) is 0 Å². The maximum Gasteiger partial charge on any atom is 0.123 e. The third-order valence-electron chi connectivity index (χ3n) is 3.79. The molecule has 102 valence electrons. The van der Waals surface area contributed by atoms with Gasteiger partial charge in [-0.2, -0.15) is 5.26 Å². The van der Waals surface area contributed by atoms with Gasteiger partial charge in [-0.25, -0.2) is 0 Å². The minimum absolute atomic E-state index is 0.389. The molecule has 0 aromatic heterocycles. The van der Waals surface area contributed by atoms with Gasteiger partial charge in [0.15, 0.2) is 0 Å². The largest absolute Gasteiger partial charge is 0.496 e. The first kappa shape index (κ1) is 13.9. The van der Waals surface area contributed by atoms with Crippen LogP contribution in [0.2, 0.25) is 0 Å². The zero-order valence-electron chi connectivity index (χ0n) is 11.6. The average Bonchev–Trinajstić information content (AvgIpc) is 2.37. The van der Waals surface area contributed by atoms with E-state index in [1.54, 1.807) is 7.11 Å². The van der Waals surface area contributed by atoms with E-state index in [-0.39, 0.29) is 6.04 Å². The Morgan fingerprint density at radius 3 is 2.53 bits per heavy atom. The molecule has 4 heteroatoms. The van der Waals surface area contributed by atoms with Crippen LogP contribution in [0.4, 0.5) is 0 Å². The van der Waals surface area contributed by atoms with Crippen molar-refractivity contribution in [3.63, 3.8) is 0 Å². The van der Waals surface area contributed by atoms with Gasteiger partial charge in [0.05, 0.1) is 32.4 Å². The average molecular weight is 260 g/mol. The Bertz CT molecular complexity index is 501. The standard InChI is InChI=1S/C15H20N2O2/c1-10(2)11-4-5-13(18-3)12(6-11)14(17)15(7-16)8-19-9-15/h4-6,10,14H,8-9,17H2,1-3H3. The summed E-state index contributed by atoms with van der Waals surface area (Å²) in [6.07, 6.45) is 0. The molecule has 4 nitrogen and oxygen atoms in total. The summed E-state index contributed by atoms with van der Waals surface area (Å²) in [5.41, 5.74) is 7.77. The highest BCUT2D eigenvalue weighted by molar-refractivity contribution is 5.42. The van der Waals surface area contributed by atoms with Crippen molar-refractivity contribution in [3.05, 3.63) is 29.3 Å². The highest BCUT2D eigenvalue weighted by atomic mass is 16.5. The van der Waals surface area contributed by atoms with E-state index >= 15 is 0 Å². The lowest BCUT2D eigenvalue weighted by molar-refractivity contribution is -0.0913. The van der Waals surface area contributed by atoms with E-state index in [1.807, 2.05) is 18.2 Å². The fourth-order valence-corrected chi connectivity index (χ4v) is 2.29. The number of nitriles is 1. The van der Waals surface area contributed by atoms with Crippen LogP contribution < -0.4 is 10.5 Å². The van der Waals surface area contributed by atoms with Crippen molar-refractivity contribution >= 4 is 0 Å². The summed E-state index contributed by atoms with van der Waals surface area (Å²) in [5.74, 6) is 1.14. The van der Waals surface area contributed by atoms with E-state index in [1.165, 1.54) is 5.56 Å². The number of nitrogens with two attached hydrogens (primary N) is 1. The molecule has 0 spiro atoms. The SMILES string of the molecule is COc1ccc(C(C)C)cc1C(N)C1(C#N)COC1. The highest BCUT2D eigenvalue weighted by Crippen LogP contribution is 2.42. The van der Waals surface area contributed by atoms with E-state index in [9.17, 15) is 5.26 Å². The van der Waals surface area contributed by atoms with E-state index in [0.717, 1.165) is 11.3 Å². The lowest BCUT2D eigenvalue weighted by atomic mass is 9.76. The van der Waals surface area contributed by atoms with Crippen molar-refractivity contribution in [2.75, 3.05) is 20.3 Å².